The number of rotatable bonds is 4. The van der Waals surface area contributed by atoms with E-state index >= 15 is 0 Å². The first-order valence-corrected chi connectivity index (χ1v) is 17.0. The van der Waals surface area contributed by atoms with Crippen LogP contribution < -0.4 is 0 Å². The van der Waals surface area contributed by atoms with Crippen LogP contribution >= 0.6 is 0 Å². The molecule has 0 N–H and O–H groups in total. The van der Waals surface area contributed by atoms with Gasteiger partial charge in [-0.1, -0.05) is 158 Å². The summed E-state index contributed by atoms with van der Waals surface area (Å²) in [5.41, 5.74) is 7.77. The largest absolute Gasteiger partial charge is 0.247 e. The van der Waals surface area contributed by atoms with Crippen LogP contribution in [-0.4, -0.2) is 15.0 Å². The summed E-state index contributed by atoms with van der Waals surface area (Å²) in [7, 11) is 0. The molecule has 0 bridgehead atoms. The second-order valence-electron chi connectivity index (χ2n) is 12.8. The van der Waals surface area contributed by atoms with Gasteiger partial charge in [-0.05, 0) is 50.5 Å². The molecule has 0 aliphatic heterocycles. The first-order chi connectivity index (χ1) is 24.8. The predicted octanol–water partition coefficient (Wildman–Crippen LogP) is 12.3. The van der Waals surface area contributed by atoms with Crippen molar-refractivity contribution in [1.29, 1.82) is 0 Å². The SMILES string of the molecule is c1ccc(-c2cc(-c3ccccc3)nc(-c3cccc(-c4nc5ccccc5c5c6ccc7ccccc7c6c6ccccc6c45)c3)n2)cc1. The number of para-hydroxylation sites is 1. The molecule has 2 heterocycles. The van der Waals surface area contributed by atoms with Crippen molar-refractivity contribution in [3.05, 3.63) is 176 Å². The normalized spacial score (nSPS) is 11.6. The Bertz CT molecular complexity index is 2860. The lowest BCUT2D eigenvalue weighted by Crippen LogP contribution is -1.97. The Kier molecular flexibility index (Phi) is 6.49. The van der Waals surface area contributed by atoms with E-state index in [0.29, 0.717) is 5.82 Å². The molecule has 0 aliphatic rings. The number of fused-ring (bicyclic) bond motifs is 10. The van der Waals surface area contributed by atoms with Gasteiger partial charge < -0.3 is 0 Å². The van der Waals surface area contributed by atoms with E-state index in [9.17, 15) is 0 Å². The van der Waals surface area contributed by atoms with Gasteiger partial charge in [0.25, 0.3) is 0 Å². The third-order valence-corrected chi connectivity index (χ3v) is 9.82. The zero-order valence-electron chi connectivity index (χ0n) is 27.1. The number of pyridine rings is 1. The molecule has 232 valence electrons. The lowest BCUT2D eigenvalue weighted by Gasteiger charge is -2.18. The van der Waals surface area contributed by atoms with Crippen LogP contribution in [0.5, 0.6) is 0 Å². The predicted molar refractivity (Wildman–Crippen MR) is 209 cm³/mol. The van der Waals surface area contributed by atoms with Crippen molar-refractivity contribution >= 4 is 54.0 Å². The van der Waals surface area contributed by atoms with Crippen LogP contribution in [0.3, 0.4) is 0 Å². The highest BCUT2D eigenvalue weighted by Gasteiger charge is 2.19. The average molecular weight is 636 g/mol. The number of hydrogen-bond donors (Lipinski definition) is 0. The first-order valence-electron chi connectivity index (χ1n) is 17.0. The quantitative estimate of drug-likeness (QED) is 0.181. The molecule has 10 aromatic rings. The van der Waals surface area contributed by atoms with Crippen LogP contribution in [0.2, 0.25) is 0 Å². The molecule has 50 heavy (non-hydrogen) atoms. The smallest absolute Gasteiger partial charge is 0.160 e. The molecule has 0 amide bonds. The zero-order chi connectivity index (χ0) is 33.0. The maximum Gasteiger partial charge on any atom is 0.160 e. The highest BCUT2D eigenvalue weighted by molar-refractivity contribution is 6.37. The summed E-state index contributed by atoms with van der Waals surface area (Å²) in [6.07, 6.45) is 0. The maximum atomic E-state index is 5.42. The summed E-state index contributed by atoms with van der Waals surface area (Å²) >= 11 is 0. The van der Waals surface area contributed by atoms with Gasteiger partial charge >= 0.3 is 0 Å². The van der Waals surface area contributed by atoms with Crippen LogP contribution in [0.25, 0.3) is 99.2 Å². The van der Waals surface area contributed by atoms with Crippen molar-refractivity contribution in [2.75, 3.05) is 0 Å². The summed E-state index contributed by atoms with van der Waals surface area (Å²) in [5.74, 6) is 0.680. The molecule has 8 aromatic carbocycles. The fraction of sp³-hybridized carbons (Fsp3) is 0. The van der Waals surface area contributed by atoms with Crippen LogP contribution in [-0.2, 0) is 0 Å². The van der Waals surface area contributed by atoms with Gasteiger partial charge in [0.1, 0.15) is 0 Å². The van der Waals surface area contributed by atoms with E-state index in [1.54, 1.807) is 0 Å². The average Bonchev–Trinajstić information content (AvgIpc) is 3.20. The minimum absolute atomic E-state index is 0.680. The number of benzene rings is 8. The maximum absolute atomic E-state index is 5.42. The Balaban J connectivity index is 1.27. The van der Waals surface area contributed by atoms with Gasteiger partial charge in [-0.25, -0.2) is 15.0 Å². The standard InChI is InChI=1S/C47H29N3/c1-3-15-31(16-4-1)41-29-42(32-17-5-2-6-18-32)50-47(49-41)34-20-13-19-33(28-34)46-45-37-23-10-9-22-36(37)43-35-21-8-7-14-30(35)26-27-39(43)44(45)38-24-11-12-25-40(38)48-46/h1-29H. The van der Waals surface area contributed by atoms with Gasteiger partial charge in [-0.15, -0.1) is 0 Å². The molecule has 0 radical (unpaired) electrons. The lowest BCUT2D eigenvalue weighted by molar-refractivity contribution is 1.18. The van der Waals surface area contributed by atoms with Crippen LogP contribution in [0, 0.1) is 0 Å². The molecule has 0 fully saturated rings. The summed E-state index contributed by atoms with van der Waals surface area (Å²) in [4.78, 5) is 15.7. The molecule has 2 aromatic heterocycles. The highest BCUT2D eigenvalue weighted by atomic mass is 14.9. The fourth-order valence-electron chi connectivity index (χ4n) is 7.55. The van der Waals surface area contributed by atoms with Crippen molar-refractivity contribution in [3.8, 4) is 45.2 Å². The molecule has 3 nitrogen and oxygen atoms in total. The molecular weight excluding hydrogens is 607 g/mol. The van der Waals surface area contributed by atoms with Crippen molar-refractivity contribution in [2.45, 2.75) is 0 Å². The molecule has 3 heteroatoms. The van der Waals surface area contributed by atoms with Crippen molar-refractivity contribution in [3.63, 3.8) is 0 Å². The third kappa shape index (κ3) is 4.56. The summed E-state index contributed by atoms with van der Waals surface area (Å²) in [6.45, 7) is 0. The van der Waals surface area contributed by atoms with Gasteiger partial charge in [0.2, 0.25) is 0 Å². The highest BCUT2D eigenvalue weighted by Crippen LogP contribution is 2.45. The fourth-order valence-corrected chi connectivity index (χ4v) is 7.55. The molecular formula is C47H29N3. The van der Waals surface area contributed by atoms with E-state index in [0.717, 1.165) is 55.6 Å². The summed E-state index contributed by atoms with van der Waals surface area (Å²) < 4.78 is 0. The Morgan fingerprint density at radius 2 is 0.860 bits per heavy atom. The third-order valence-electron chi connectivity index (χ3n) is 9.82. The number of nitrogens with zero attached hydrogens (tertiary/aromatic N) is 3. The number of aromatic nitrogens is 3. The molecule has 0 saturated carbocycles. The van der Waals surface area contributed by atoms with E-state index in [-0.39, 0.29) is 0 Å². The van der Waals surface area contributed by atoms with Crippen LogP contribution in [0.15, 0.2) is 176 Å². The van der Waals surface area contributed by atoms with Gasteiger partial charge in [0.15, 0.2) is 5.82 Å². The van der Waals surface area contributed by atoms with Crippen molar-refractivity contribution in [2.24, 2.45) is 0 Å². The molecule has 0 atom stereocenters. The summed E-state index contributed by atoms with van der Waals surface area (Å²) in [6, 6.07) is 61.9. The van der Waals surface area contributed by atoms with E-state index in [1.165, 1.54) is 37.7 Å². The summed E-state index contributed by atoms with van der Waals surface area (Å²) in [5, 5.41) is 11.0. The Labute approximate surface area is 289 Å². The van der Waals surface area contributed by atoms with Crippen LogP contribution in [0.1, 0.15) is 0 Å². The monoisotopic (exact) mass is 635 g/mol. The first kappa shape index (κ1) is 28.3. The van der Waals surface area contributed by atoms with Gasteiger partial charge in [0.05, 0.1) is 22.6 Å². The van der Waals surface area contributed by atoms with Crippen molar-refractivity contribution < 1.29 is 0 Å². The molecule has 0 aliphatic carbocycles. The van der Waals surface area contributed by atoms with Gasteiger partial charge in [-0.2, -0.15) is 0 Å². The van der Waals surface area contributed by atoms with Crippen molar-refractivity contribution in [1.82, 2.24) is 15.0 Å². The van der Waals surface area contributed by atoms with Gasteiger partial charge in [0, 0.05) is 38.4 Å². The lowest BCUT2D eigenvalue weighted by atomic mass is 9.88. The Morgan fingerprint density at radius 1 is 0.300 bits per heavy atom. The van der Waals surface area contributed by atoms with Gasteiger partial charge in [-0.3, -0.25) is 0 Å². The zero-order valence-corrected chi connectivity index (χ0v) is 27.1. The van der Waals surface area contributed by atoms with Crippen LogP contribution in [0.4, 0.5) is 0 Å². The second-order valence-corrected chi connectivity index (χ2v) is 12.8. The second kappa shape index (κ2) is 11.5. The Morgan fingerprint density at radius 3 is 1.58 bits per heavy atom. The molecule has 0 unspecified atom stereocenters. The minimum atomic E-state index is 0.680. The molecule has 0 saturated heterocycles. The Hall–Kier alpha value is -6.71. The molecule has 10 rings (SSSR count). The van der Waals surface area contributed by atoms with E-state index in [4.69, 9.17) is 15.0 Å². The van der Waals surface area contributed by atoms with E-state index < -0.39 is 0 Å². The van der Waals surface area contributed by atoms with E-state index in [1.807, 2.05) is 36.4 Å². The number of hydrogen-bond acceptors (Lipinski definition) is 3. The van der Waals surface area contributed by atoms with E-state index in [2.05, 4.69) is 140 Å². The molecule has 0 spiro atoms. The minimum Gasteiger partial charge on any atom is -0.247 e. The topological polar surface area (TPSA) is 38.7 Å².